The van der Waals surface area contributed by atoms with Gasteiger partial charge in [-0.25, -0.2) is 4.98 Å². The van der Waals surface area contributed by atoms with Crippen LogP contribution in [0, 0.1) is 5.95 Å². The average Bonchev–Trinajstić information content (AvgIpc) is 2.11. The van der Waals surface area contributed by atoms with Crippen LogP contribution < -0.4 is 0 Å². The molecule has 0 N–H and O–H groups in total. The molecule has 68 valence electrons. The molecule has 4 nitrogen and oxygen atoms in total. The van der Waals surface area contributed by atoms with Gasteiger partial charge in [-0.3, -0.25) is 0 Å². The van der Waals surface area contributed by atoms with Gasteiger partial charge in [0.1, 0.15) is 0 Å². The fourth-order valence-electron chi connectivity index (χ4n) is 0.855. The molecular weight excluding hydrogens is 239 g/mol. The highest BCUT2D eigenvalue weighted by atomic mass is 79.9. The summed E-state index contributed by atoms with van der Waals surface area (Å²) >= 11 is 3.17. The van der Waals surface area contributed by atoms with Crippen molar-refractivity contribution in [2.24, 2.45) is 5.11 Å². The molecule has 1 aromatic rings. The quantitative estimate of drug-likeness (QED) is 0.349. The molecule has 0 aliphatic heterocycles. The second-order valence-electron chi connectivity index (χ2n) is 2.31. The standard InChI is InChI=1S/C7H6BrFN4/c8-6-3-5(1-2-12-13-10)7(9)11-4-6/h3-4H,1-2H2. The van der Waals surface area contributed by atoms with Gasteiger partial charge in [0.05, 0.1) is 0 Å². The van der Waals surface area contributed by atoms with Crippen molar-refractivity contribution in [3.63, 3.8) is 0 Å². The van der Waals surface area contributed by atoms with Crippen LogP contribution in [0.3, 0.4) is 0 Å². The molecule has 0 atom stereocenters. The molecule has 0 amide bonds. The maximum Gasteiger partial charge on any atom is 0.216 e. The highest BCUT2D eigenvalue weighted by molar-refractivity contribution is 9.10. The van der Waals surface area contributed by atoms with Gasteiger partial charge < -0.3 is 0 Å². The zero-order valence-corrected chi connectivity index (χ0v) is 8.20. The van der Waals surface area contributed by atoms with Crippen LogP contribution in [0.4, 0.5) is 4.39 Å². The lowest BCUT2D eigenvalue weighted by atomic mass is 10.2. The maximum absolute atomic E-state index is 12.9. The van der Waals surface area contributed by atoms with Crippen LogP contribution in [0.5, 0.6) is 0 Å². The molecule has 0 spiro atoms. The molecule has 0 unspecified atom stereocenters. The smallest absolute Gasteiger partial charge is 0.216 e. The van der Waals surface area contributed by atoms with Crippen LogP contribution in [0.15, 0.2) is 21.9 Å². The summed E-state index contributed by atoms with van der Waals surface area (Å²) in [5, 5.41) is 3.31. The van der Waals surface area contributed by atoms with Gasteiger partial charge in [0.2, 0.25) is 5.95 Å². The van der Waals surface area contributed by atoms with Crippen LogP contribution in [0.2, 0.25) is 0 Å². The molecule has 1 rings (SSSR count). The zero-order valence-electron chi connectivity index (χ0n) is 6.61. The number of azide groups is 1. The van der Waals surface area contributed by atoms with E-state index in [2.05, 4.69) is 30.9 Å². The van der Waals surface area contributed by atoms with Crippen molar-refractivity contribution in [1.29, 1.82) is 0 Å². The Morgan fingerprint density at radius 3 is 3.15 bits per heavy atom. The first-order chi connectivity index (χ1) is 6.24. The third-order valence-electron chi connectivity index (χ3n) is 1.42. The van der Waals surface area contributed by atoms with E-state index in [0.29, 0.717) is 16.5 Å². The molecule has 13 heavy (non-hydrogen) atoms. The van der Waals surface area contributed by atoms with E-state index in [4.69, 9.17) is 5.53 Å². The van der Waals surface area contributed by atoms with Gasteiger partial charge in [-0.05, 0) is 33.9 Å². The number of pyridine rings is 1. The Balaban J connectivity index is 2.75. The van der Waals surface area contributed by atoms with Crippen LogP contribution in [-0.2, 0) is 6.42 Å². The SMILES string of the molecule is [N-]=[N+]=NCCc1cc(Br)cnc1F. The van der Waals surface area contributed by atoms with Crippen molar-refractivity contribution in [2.75, 3.05) is 6.54 Å². The molecular formula is C7H6BrFN4. The van der Waals surface area contributed by atoms with E-state index >= 15 is 0 Å². The summed E-state index contributed by atoms with van der Waals surface area (Å²) in [5.74, 6) is -0.517. The van der Waals surface area contributed by atoms with E-state index in [9.17, 15) is 4.39 Å². The third-order valence-corrected chi connectivity index (χ3v) is 1.86. The van der Waals surface area contributed by atoms with Gasteiger partial charge >= 0.3 is 0 Å². The van der Waals surface area contributed by atoms with E-state index in [1.165, 1.54) is 6.20 Å². The average molecular weight is 245 g/mol. The summed E-state index contributed by atoms with van der Waals surface area (Å²) in [6.45, 7) is 0.242. The second kappa shape index (κ2) is 4.79. The lowest BCUT2D eigenvalue weighted by molar-refractivity contribution is 0.565. The molecule has 0 radical (unpaired) electrons. The molecule has 0 aliphatic rings. The zero-order chi connectivity index (χ0) is 9.68. The Morgan fingerprint density at radius 1 is 1.69 bits per heavy atom. The monoisotopic (exact) mass is 244 g/mol. The van der Waals surface area contributed by atoms with E-state index < -0.39 is 5.95 Å². The second-order valence-corrected chi connectivity index (χ2v) is 3.22. The predicted molar refractivity (Wildman–Crippen MR) is 49.6 cm³/mol. The third kappa shape index (κ3) is 3.01. The van der Waals surface area contributed by atoms with Crippen LogP contribution in [0.1, 0.15) is 5.56 Å². The number of halogens is 2. The van der Waals surface area contributed by atoms with Crippen LogP contribution in [-0.4, -0.2) is 11.5 Å². The Bertz CT molecular complexity index is 348. The van der Waals surface area contributed by atoms with E-state index in [0.717, 1.165) is 0 Å². The van der Waals surface area contributed by atoms with Crippen LogP contribution >= 0.6 is 15.9 Å². The molecule has 1 aromatic heterocycles. The molecule has 0 aliphatic carbocycles. The number of hydrogen-bond acceptors (Lipinski definition) is 2. The van der Waals surface area contributed by atoms with Gasteiger partial charge in [-0.1, -0.05) is 5.11 Å². The normalized spacial score (nSPS) is 9.38. The molecule has 0 saturated heterocycles. The molecule has 0 saturated carbocycles. The number of nitrogens with zero attached hydrogens (tertiary/aromatic N) is 4. The van der Waals surface area contributed by atoms with Crippen molar-refractivity contribution in [2.45, 2.75) is 6.42 Å². The lowest BCUT2D eigenvalue weighted by Crippen LogP contribution is -1.96. The van der Waals surface area contributed by atoms with Crippen LogP contribution in [0.25, 0.3) is 10.4 Å². The topological polar surface area (TPSA) is 61.7 Å². The lowest BCUT2D eigenvalue weighted by Gasteiger charge is -1.99. The maximum atomic E-state index is 12.9. The minimum atomic E-state index is -0.517. The fourth-order valence-corrected chi connectivity index (χ4v) is 1.23. The first-order valence-electron chi connectivity index (χ1n) is 3.55. The summed E-state index contributed by atoms with van der Waals surface area (Å²) in [4.78, 5) is 6.08. The Morgan fingerprint density at radius 2 is 2.46 bits per heavy atom. The Labute approximate surface area is 82.5 Å². The Kier molecular flexibility index (Phi) is 3.67. The van der Waals surface area contributed by atoms with E-state index in [1.54, 1.807) is 6.07 Å². The highest BCUT2D eigenvalue weighted by Crippen LogP contribution is 2.13. The fraction of sp³-hybridized carbons (Fsp3) is 0.286. The predicted octanol–water partition coefficient (Wildman–Crippen LogP) is 2.84. The van der Waals surface area contributed by atoms with Gasteiger partial charge in [0.15, 0.2) is 0 Å². The molecule has 0 aromatic carbocycles. The number of rotatable bonds is 3. The summed E-state index contributed by atoms with van der Waals surface area (Å²) in [6, 6.07) is 1.62. The molecule has 6 heteroatoms. The number of hydrogen-bond donors (Lipinski definition) is 0. The van der Waals surface area contributed by atoms with Crippen molar-refractivity contribution in [3.05, 3.63) is 38.7 Å². The first-order valence-corrected chi connectivity index (χ1v) is 4.34. The van der Waals surface area contributed by atoms with Crippen molar-refractivity contribution < 1.29 is 4.39 Å². The molecule has 0 fully saturated rings. The summed E-state index contributed by atoms with van der Waals surface area (Å²) in [7, 11) is 0. The Hall–Kier alpha value is -1.13. The van der Waals surface area contributed by atoms with Gasteiger partial charge in [0, 0.05) is 27.7 Å². The van der Waals surface area contributed by atoms with E-state index in [1.807, 2.05) is 0 Å². The van der Waals surface area contributed by atoms with Gasteiger partial charge in [-0.15, -0.1) is 0 Å². The summed E-state index contributed by atoms with van der Waals surface area (Å²) < 4.78 is 13.6. The highest BCUT2D eigenvalue weighted by Gasteiger charge is 2.02. The summed E-state index contributed by atoms with van der Waals surface area (Å²) in [5.41, 5.74) is 8.45. The minimum Gasteiger partial charge on any atom is -0.227 e. The minimum absolute atomic E-state index is 0.242. The number of aromatic nitrogens is 1. The first kappa shape index (κ1) is 9.95. The van der Waals surface area contributed by atoms with Crippen molar-refractivity contribution in [3.8, 4) is 0 Å². The van der Waals surface area contributed by atoms with E-state index in [-0.39, 0.29) is 6.54 Å². The summed E-state index contributed by atoms with van der Waals surface area (Å²) in [6.07, 6.45) is 1.74. The van der Waals surface area contributed by atoms with Gasteiger partial charge in [0.25, 0.3) is 0 Å². The van der Waals surface area contributed by atoms with Gasteiger partial charge in [-0.2, -0.15) is 4.39 Å². The molecule has 0 bridgehead atoms. The van der Waals surface area contributed by atoms with Crippen molar-refractivity contribution >= 4 is 15.9 Å². The largest absolute Gasteiger partial charge is 0.227 e. The molecule has 1 heterocycles. The van der Waals surface area contributed by atoms with Crippen molar-refractivity contribution in [1.82, 2.24) is 4.98 Å².